The van der Waals surface area contributed by atoms with E-state index in [-0.39, 0.29) is 11.7 Å². The lowest BCUT2D eigenvalue weighted by molar-refractivity contribution is 0.318. The third-order valence-corrected chi connectivity index (χ3v) is 2.47. The number of hydrogen-bond acceptors (Lipinski definition) is 2. The first-order valence-corrected chi connectivity index (χ1v) is 5.05. The standard InChI is InChI=1S/C13H11FN2O/c14-10-7-5-9(6-8-10)11-3-1-2-4-12(11)13(15)16-17/h1-8,17H,(H2,15,16). The molecule has 0 radical (unpaired) electrons. The molecule has 0 heterocycles. The number of rotatable bonds is 2. The van der Waals surface area contributed by atoms with Crippen molar-refractivity contribution in [1.82, 2.24) is 0 Å². The van der Waals surface area contributed by atoms with Crippen LogP contribution >= 0.6 is 0 Å². The summed E-state index contributed by atoms with van der Waals surface area (Å²) in [5.41, 5.74) is 7.81. The summed E-state index contributed by atoms with van der Waals surface area (Å²) in [5.74, 6) is -0.264. The maximum absolute atomic E-state index is 12.8. The maximum atomic E-state index is 12.8. The normalized spacial score (nSPS) is 11.5. The van der Waals surface area contributed by atoms with Crippen LogP contribution < -0.4 is 5.73 Å². The highest BCUT2D eigenvalue weighted by molar-refractivity contribution is 6.03. The van der Waals surface area contributed by atoms with Crippen molar-refractivity contribution in [2.75, 3.05) is 0 Å². The molecule has 0 spiro atoms. The van der Waals surface area contributed by atoms with Crippen LogP contribution in [0.5, 0.6) is 0 Å². The second kappa shape index (κ2) is 4.65. The Balaban J connectivity index is 2.55. The van der Waals surface area contributed by atoms with Crippen molar-refractivity contribution in [3.05, 3.63) is 59.9 Å². The Morgan fingerprint density at radius 3 is 2.35 bits per heavy atom. The van der Waals surface area contributed by atoms with Crippen molar-refractivity contribution in [3.8, 4) is 11.1 Å². The van der Waals surface area contributed by atoms with Gasteiger partial charge in [-0.05, 0) is 23.3 Å². The lowest BCUT2D eigenvalue weighted by atomic mass is 9.99. The van der Waals surface area contributed by atoms with Crippen LogP contribution in [0.25, 0.3) is 11.1 Å². The molecule has 0 aliphatic rings. The lowest BCUT2D eigenvalue weighted by Gasteiger charge is -2.07. The number of halogens is 1. The summed E-state index contributed by atoms with van der Waals surface area (Å²) in [5, 5.41) is 11.7. The van der Waals surface area contributed by atoms with E-state index >= 15 is 0 Å². The zero-order chi connectivity index (χ0) is 12.3. The molecule has 2 aromatic rings. The first kappa shape index (κ1) is 11.1. The van der Waals surface area contributed by atoms with Gasteiger partial charge in [0, 0.05) is 5.56 Å². The fourth-order valence-corrected chi connectivity index (χ4v) is 1.64. The zero-order valence-corrected chi connectivity index (χ0v) is 8.97. The minimum absolute atomic E-state index is 0.0323. The van der Waals surface area contributed by atoms with Crippen LogP contribution in [0.3, 0.4) is 0 Å². The third kappa shape index (κ3) is 2.25. The molecule has 17 heavy (non-hydrogen) atoms. The number of nitrogens with two attached hydrogens (primary N) is 1. The first-order chi connectivity index (χ1) is 8.22. The minimum atomic E-state index is -0.296. The summed E-state index contributed by atoms with van der Waals surface area (Å²) in [6.45, 7) is 0. The molecule has 0 bridgehead atoms. The van der Waals surface area contributed by atoms with Crippen molar-refractivity contribution in [2.45, 2.75) is 0 Å². The first-order valence-electron chi connectivity index (χ1n) is 5.05. The summed E-state index contributed by atoms with van der Waals surface area (Å²) in [4.78, 5) is 0. The van der Waals surface area contributed by atoms with Crippen LogP contribution in [0.4, 0.5) is 4.39 Å². The Bertz CT molecular complexity index is 550. The van der Waals surface area contributed by atoms with Gasteiger partial charge in [0.1, 0.15) is 5.82 Å². The van der Waals surface area contributed by atoms with Crippen LogP contribution in [-0.2, 0) is 0 Å². The van der Waals surface area contributed by atoms with Gasteiger partial charge in [0.05, 0.1) is 0 Å². The second-order valence-electron chi connectivity index (χ2n) is 3.54. The summed E-state index contributed by atoms with van der Waals surface area (Å²) in [7, 11) is 0. The summed E-state index contributed by atoms with van der Waals surface area (Å²) < 4.78 is 12.8. The van der Waals surface area contributed by atoms with Crippen molar-refractivity contribution in [2.24, 2.45) is 10.9 Å². The smallest absolute Gasteiger partial charge is 0.170 e. The van der Waals surface area contributed by atoms with Crippen LogP contribution in [0.15, 0.2) is 53.7 Å². The highest BCUT2D eigenvalue weighted by Crippen LogP contribution is 2.23. The molecule has 0 saturated heterocycles. The molecule has 0 aromatic heterocycles. The molecule has 2 rings (SSSR count). The molecule has 0 fully saturated rings. The molecule has 0 atom stereocenters. The summed E-state index contributed by atoms with van der Waals surface area (Å²) in [6, 6.07) is 13.3. The van der Waals surface area contributed by atoms with E-state index in [1.54, 1.807) is 24.3 Å². The highest BCUT2D eigenvalue weighted by Gasteiger charge is 2.08. The SMILES string of the molecule is NC(=NO)c1ccccc1-c1ccc(F)cc1. The van der Waals surface area contributed by atoms with Gasteiger partial charge in [0.25, 0.3) is 0 Å². The van der Waals surface area contributed by atoms with E-state index in [2.05, 4.69) is 5.16 Å². The molecule has 86 valence electrons. The Kier molecular flexibility index (Phi) is 3.05. The number of benzene rings is 2. The lowest BCUT2D eigenvalue weighted by Crippen LogP contribution is -2.14. The molecular weight excluding hydrogens is 219 g/mol. The topological polar surface area (TPSA) is 58.6 Å². The summed E-state index contributed by atoms with van der Waals surface area (Å²) >= 11 is 0. The predicted molar refractivity (Wildman–Crippen MR) is 64.3 cm³/mol. The number of oxime groups is 1. The molecule has 0 unspecified atom stereocenters. The van der Waals surface area contributed by atoms with Crippen molar-refractivity contribution >= 4 is 5.84 Å². The average Bonchev–Trinajstić information content (AvgIpc) is 2.39. The average molecular weight is 230 g/mol. The van der Waals surface area contributed by atoms with E-state index in [4.69, 9.17) is 10.9 Å². The van der Waals surface area contributed by atoms with E-state index in [9.17, 15) is 4.39 Å². The monoisotopic (exact) mass is 230 g/mol. The Labute approximate surface area is 98.0 Å². The maximum Gasteiger partial charge on any atom is 0.170 e. The Morgan fingerprint density at radius 2 is 1.71 bits per heavy atom. The quantitative estimate of drug-likeness (QED) is 0.360. The van der Waals surface area contributed by atoms with Crippen LogP contribution in [-0.4, -0.2) is 11.0 Å². The van der Waals surface area contributed by atoms with Crippen LogP contribution in [0, 0.1) is 5.82 Å². The van der Waals surface area contributed by atoms with E-state index in [1.807, 2.05) is 12.1 Å². The molecule has 0 amide bonds. The molecule has 3 N–H and O–H groups in total. The van der Waals surface area contributed by atoms with Gasteiger partial charge < -0.3 is 10.9 Å². The number of amidine groups is 1. The molecule has 3 nitrogen and oxygen atoms in total. The second-order valence-corrected chi connectivity index (χ2v) is 3.54. The van der Waals surface area contributed by atoms with Gasteiger partial charge in [-0.3, -0.25) is 0 Å². The zero-order valence-electron chi connectivity index (χ0n) is 8.97. The fourth-order valence-electron chi connectivity index (χ4n) is 1.64. The van der Waals surface area contributed by atoms with Gasteiger partial charge in [-0.2, -0.15) is 0 Å². The van der Waals surface area contributed by atoms with E-state index in [1.165, 1.54) is 12.1 Å². The van der Waals surface area contributed by atoms with Crippen molar-refractivity contribution in [1.29, 1.82) is 0 Å². The molecule has 0 aliphatic carbocycles. The van der Waals surface area contributed by atoms with Crippen LogP contribution in [0.1, 0.15) is 5.56 Å². The summed E-state index contributed by atoms with van der Waals surface area (Å²) in [6.07, 6.45) is 0. The van der Waals surface area contributed by atoms with Crippen LogP contribution in [0.2, 0.25) is 0 Å². The molecule has 0 saturated carbocycles. The number of nitrogens with zero attached hydrogens (tertiary/aromatic N) is 1. The van der Waals surface area contributed by atoms with Crippen molar-refractivity contribution in [3.63, 3.8) is 0 Å². The van der Waals surface area contributed by atoms with E-state index in [0.29, 0.717) is 5.56 Å². The molecular formula is C13H11FN2O. The van der Waals surface area contributed by atoms with Gasteiger partial charge in [-0.1, -0.05) is 41.6 Å². The molecule has 4 heteroatoms. The van der Waals surface area contributed by atoms with E-state index in [0.717, 1.165) is 11.1 Å². The number of hydrogen-bond donors (Lipinski definition) is 2. The Hall–Kier alpha value is -2.36. The van der Waals surface area contributed by atoms with Gasteiger partial charge in [-0.25, -0.2) is 4.39 Å². The van der Waals surface area contributed by atoms with E-state index < -0.39 is 0 Å². The van der Waals surface area contributed by atoms with Gasteiger partial charge >= 0.3 is 0 Å². The van der Waals surface area contributed by atoms with Gasteiger partial charge in [0.15, 0.2) is 5.84 Å². The predicted octanol–water partition coefficient (Wildman–Crippen LogP) is 2.59. The molecule has 0 aliphatic heterocycles. The largest absolute Gasteiger partial charge is 0.409 e. The highest BCUT2D eigenvalue weighted by atomic mass is 19.1. The van der Waals surface area contributed by atoms with Gasteiger partial charge in [0.2, 0.25) is 0 Å². The Morgan fingerprint density at radius 1 is 1.06 bits per heavy atom. The minimum Gasteiger partial charge on any atom is -0.409 e. The third-order valence-electron chi connectivity index (χ3n) is 2.47. The van der Waals surface area contributed by atoms with Crippen molar-refractivity contribution < 1.29 is 9.60 Å². The fraction of sp³-hybridized carbons (Fsp3) is 0. The van der Waals surface area contributed by atoms with Gasteiger partial charge in [-0.15, -0.1) is 0 Å². The molecule has 2 aromatic carbocycles.